The first-order chi connectivity index (χ1) is 14.3. The van der Waals surface area contributed by atoms with Gasteiger partial charge in [0.2, 0.25) is 0 Å². The second-order valence-corrected chi connectivity index (χ2v) is 7.03. The number of methoxy groups -OCH3 is 1. The molecule has 6 nitrogen and oxygen atoms in total. The van der Waals surface area contributed by atoms with Gasteiger partial charge in [-0.15, -0.1) is 0 Å². The van der Waals surface area contributed by atoms with Crippen LogP contribution in [0.2, 0.25) is 0 Å². The lowest BCUT2D eigenvalue weighted by atomic mass is 10.0. The normalized spacial score (nSPS) is 10.9. The summed E-state index contributed by atoms with van der Waals surface area (Å²) < 4.78 is 40.2. The van der Waals surface area contributed by atoms with Crippen LogP contribution >= 0.6 is 0 Å². The number of amides is 1. The van der Waals surface area contributed by atoms with Crippen molar-refractivity contribution in [3.63, 3.8) is 0 Å². The number of carbonyl (C=O) groups excluding carboxylic acids is 1. The van der Waals surface area contributed by atoms with Gasteiger partial charge in [0.1, 0.15) is 11.4 Å². The number of nitrogens with zero attached hydrogens (tertiary/aromatic N) is 2. The fraction of sp³-hybridized carbons (Fsp3) is 0.273. The Morgan fingerprint density at radius 2 is 1.87 bits per heavy atom. The van der Waals surface area contributed by atoms with Crippen molar-refractivity contribution in [3.8, 4) is 22.7 Å². The zero-order valence-electron chi connectivity index (χ0n) is 17.2. The summed E-state index contributed by atoms with van der Waals surface area (Å²) in [6, 6.07) is 9.56. The number of hydrogen-bond donors (Lipinski definition) is 1. The van der Waals surface area contributed by atoms with Crippen LogP contribution in [0.3, 0.4) is 0 Å². The van der Waals surface area contributed by atoms with Crippen molar-refractivity contribution >= 4 is 6.09 Å². The monoisotopic (exact) mass is 415 g/mol. The first kappa shape index (κ1) is 21.3. The fourth-order valence-electron chi connectivity index (χ4n) is 2.96. The average molecular weight is 415 g/mol. The number of hydrogen-bond acceptors (Lipinski definition) is 4. The van der Waals surface area contributed by atoms with E-state index in [1.165, 1.54) is 13.3 Å². The van der Waals surface area contributed by atoms with Gasteiger partial charge in [0.25, 0.3) is 0 Å². The van der Waals surface area contributed by atoms with E-state index < -0.39 is 17.7 Å². The van der Waals surface area contributed by atoms with Gasteiger partial charge in [-0.3, -0.25) is 0 Å². The summed E-state index contributed by atoms with van der Waals surface area (Å²) in [6.07, 6.45) is 0.766. The molecule has 0 saturated heterocycles. The molecule has 0 fully saturated rings. The highest BCUT2D eigenvalue weighted by molar-refractivity contribution is 5.67. The number of carbonyl (C=O) groups is 1. The summed E-state index contributed by atoms with van der Waals surface area (Å²) in [6.45, 7) is 5.76. The van der Waals surface area contributed by atoms with Gasteiger partial charge < -0.3 is 14.8 Å². The number of benzene rings is 2. The third-order valence-corrected chi connectivity index (χ3v) is 4.43. The summed E-state index contributed by atoms with van der Waals surface area (Å²) in [5.74, 6) is -1.42. The molecule has 2 aromatic carbocycles. The van der Waals surface area contributed by atoms with E-state index in [4.69, 9.17) is 4.74 Å². The van der Waals surface area contributed by atoms with Crippen LogP contribution in [0.5, 0.6) is 5.75 Å². The quantitative estimate of drug-likeness (QED) is 0.630. The Bertz CT molecular complexity index is 1040. The minimum absolute atomic E-state index is 0.123. The number of ether oxygens (including phenoxy) is 2. The Morgan fingerprint density at radius 1 is 1.17 bits per heavy atom. The third-order valence-electron chi connectivity index (χ3n) is 4.43. The molecule has 0 aliphatic carbocycles. The summed E-state index contributed by atoms with van der Waals surface area (Å²) in [5.41, 5.74) is 2.86. The van der Waals surface area contributed by atoms with Gasteiger partial charge >= 0.3 is 6.09 Å². The second-order valence-electron chi connectivity index (χ2n) is 7.03. The van der Waals surface area contributed by atoms with Crippen molar-refractivity contribution in [2.45, 2.75) is 33.4 Å². The Labute approximate surface area is 173 Å². The van der Waals surface area contributed by atoms with Gasteiger partial charge in [-0.2, -0.15) is 5.10 Å². The molecule has 0 spiro atoms. The van der Waals surface area contributed by atoms with Crippen molar-refractivity contribution in [1.29, 1.82) is 0 Å². The minimum Gasteiger partial charge on any atom is -0.491 e. The predicted octanol–water partition coefficient (Wildman–Crippen LogP) is 4.77. The molecule has 0 aliphatic heterocycles. The van der Waals surface area contributed by atoms with Crippen molar-refractivity contribution in [1.82, 2.24) is 15.1 Å². The van der Waals surface area contributed by atoms with Crippen LogP contribution in [0.15, 0.2) is 42.6 Å². The van der Waals surface area contributed by atoms with Gasteiger partial charge in [-0.1, -0.05) is 12.1 Å². The molecule has 1 heterocycles. The Kier molecular flexibility index (Phi) is 6.34. The molecule has 0 saturated carbocycles. The molecule has 0 unspecified atom stereocenters. The molecule has 1 amide bonds. The average Bonchev–Trinajstić information content (AvgIpc) is 3.15. The minimum atomic E-state index is -0.771. The van der Waals surface area contributed by atoms with Crippen molar-refractivity contribution in [2.75, 3.05) is 7.11 Å². The molecular weight excluding hydrogens is 392 g/mol. The van der Waals surface area contributed by atoms with E-state index >= 15 is 0 Å². The van der Waals surface area contributed by atoms with Crippen LogP contribution in [0.1, 0.15) is 25.0 Å². The predicted molar refractivity (Wildman–Crippen MR) is 109 cm³/mol. The van der Waals surface area contributed by atoms with E-state index in [0.29, 0.717) is 5.69 Å². The van der Waals surface area contributed by atoms with Gasteiger partial charge in [-0.25, -0.2) is 18.3 Å². The zero-order chi connectivity index (χ0) is 21.8. The largest absolute Gasteiger partial charge is 0.491 e. The second kappa shape index (κ2) is 8.94. The van der Waals surface area contributed by atoms with E-state index in [1.807, 2.05) is 25.1 Å². The smallest absolute Gasteiger partial charge is 0.407 e. The highest BCUT2D eigenvalue weighted by atomic mass is 19.1. The van der Waals surface area contributed by atoms with Crippen LogP contribution in [-0.4, -0.2) is 29.1 Å². The Balaban J connectivity index is 1.89. The van der Waals surface area contributed by atoms with Crippen LogP contribution in [0.4, 0.5) is 13.6 Å². The first-order valence-electron chi connectivity index (χ1n) is 9.42. The van der Waals surface area contributed by atoms with Crippen LogP contribution in [0.25, 0.3) is 16.9 Å². The molecule has 3 aromatic rings. The molecule has 30 heavy (non-hydrogen) atoms. The van der Waals surface area contributed by atoms with E-state index in [-0.39, 0.29) is 24.1 Å². The zero-order valence-corrected chi connectivity index (χ0v) is 17.2. The maximum atomic E-state index is 14.6. The number of aromatic nitrogens is 2. The highest BCUT2D eigenvalue weighted by Crippen LogP contribution is 2.27. The molecule has 0 radical (unpaired) electrons. The lowest BCUT2D eigenvalue weighted by molar-refractivity contribution is 0.170. The van der Waals surface area contributed by atoms with E-state index in [1.54, 1.807) is 19.9 Å². The Hall–Kier alpha value is -3.42. The summed E-state index contributed by atoms with van der Waals surface area (Å²) in [7, 11) is 1.30. The third kappa shape index (κ3) is 4.76. The lowest BCUT2D eigenvalue weighted by Gasteiger charge is -2.12. The van der Waals surface area contributed by atoms with Crippen LogP contribution < -0.4 is 10.1 Å². The van der Waals surface area contributed by atoms with Gasteiger partial charge in [0.15, 0.2) is 11.6 Å². The number of alkyl carbamates (subject to hydrolysis) is 1. The molecule has 1 N–H and O–H groups in total. The lowest BCUT2D eigenvalue weighted by Crippen LogP contribution is -2.22. The number of nitrogens with one attached hydrogen (secondary N) is 1. The standard InChI is InChI=1S/C22H23F2N3O3/c1-13(2)30-17-10-18(23)21(19(24)11-17)27-8-7-20(26-27)15-6-5-14(3)16(9-15)12-25-22(28)29-4/h5-11,13H,12H2,1-4H3,(H,25,28). The van der Waals surface area contributed by atoms with Gasteiger partial charge in [-0.05, 0) is 44.0 Å². The van der Waals surface area contributed by atoms with Crippen LogP contribution in [-0.2, 0) is 11.3 Å². The van der Waals surface area contributed by atoms with E-state index in [2.05, 4.69) is 15.2 Å². The maximum Gasteiger partial charge on any atom is 0.407 e. The molecule has 158 valence electrons. The van der Waals surface area contributed by atoms with E-state index in [9.17, 15) is 13.6 Å². The molecule has 1 aromatic heterocycles. The molecule has 0 bridgehead atoms. The van der Waals surface area contributed by atoms with Gasteiger partial charge in [0, 0.05) is 30.4 Å². The van der Waals surface area contributed by atoms with E-state index in [0.717, 1.165) is 33.5 Å². The van der Waals surface area contributed by atoms with Gasteiger partial charge in [0.05, 0.1) is 18.9 Å². The van der Waals surface area contributed by atoms with Crippen LogP contribution in [0, 0.1) is 18.6 Å². The summed E-state index contributed by atoms with van der Waals surface area (Å²) in [5, 5.41) is 6.96. The maximum absolute atomic E-state index is 14.6. The molecule has 3 rings (SSSR count). The number of halogens is 2. The fourth-order valence-corrected chi connectivity index (χ4v) is 2.96. The molecule has 0 atom stereocenters. The van der Waals surface area contributed by atoms with Crippen molar-refractivity contribution in [2.24, 2.45) is 0 Å². The Morgan fingerprint density at radius 3 is 2.50 bits per heavy atom. The summed E-state index contributed by atoms with van der Waals surface area (Å²) in [4.78, 5) is 11.3. The number of aryl methyl sites for hydroxylation is 1. The molecule has 8 heteroatoms. The summed E-state index contributed by atoms with van der Waals surface area (Å²) >= 11 is 0. The topological polar surface area (TPSA) is 65.4 Å². The number of rotatable bonds is 6. The molecular formula is C22H23F2N3O3. The van der Waals surface area contributed by atoms with Crippen molar-refractivity contribution in [3.05, 3.63) is 65.4 Å². The highest BCUT2D eigenvalue weighted by Gasteiger charge is 2.16. The SMILES string of the molecule is COC(=O)NCc1cc(-c2ccn(-c3c(F)cc(OC(C)C)cc3F)n2)ccc1C. The first-order valence-corrected chi connectivity index (χ1v) is 9.42. The van der Waals surface area contributed by atoms with Crippen molar-refractivity contribution < 1.29 is 23.0 Å². The molecule has 0 aliphatic rings.